The van der Waals surface area contributed by atoms with E-state index in [0.29, 0.717) is 24.1 Å². The molecule has 0 amide bonds. The van der Waals surface area contributed by atoms with Gasteiger partial charge in [-0.3, -0.25) is 9.59 Å². The summed E-state index contributed by atoms with van der Waals surface area (Å²) in [4.78, 5) is 26.0. The number of carbonyl (C=O) groups excluding carboxylic acids is 2. The van der Waals surface area contributed by atoms with Crippen LogP contribution in [0, 0.1) is 17.8 Å². The van der Waals surface area contributed by atoms with Gasteiger partial charge >= 0.3 is 5.97 Å². The van der Waals surface area contributed by atoms with Gasteiger partial charge in [0.1, 0.15) is 12.2 Å². The number of rotatable bonds is 3. The molecule has 0 aromatic carbocycles. The summed E-state index contributed by atoms with van der Waals surface area (Å²) in [7, 11) is 0. The monoisotopic (exact) mass is 500 g/mol. The third-order valence-corrected chi connectivity index (χ3v) is 8.51. The summed E-state index contributed by atoms with van der Waals surface area (Å²) in [6.07, 6.45) is 8.13. The lowest BCUT2D eigenvalue weighted by atomic mass is 9.87. The minimum absolute atomic E-state index is 0.00892. The first-order valence-corrected chi connectivity index (χ1v) is 13.5. The first-order valence-electron chi connectivity index (χ1n) is 12.4. The number of halogens is 1. The van der Waals surface area contributed by atoms with Crippen molar-refractivity contribution in [3.05, 3.63) is 0 Å². The van der Waals surface area contributed by atoms with Crippen molar-refractivity contribution in [3.8, 4) is 0 Å². The molecule has 0 aromatic heterocycles. The van der Waals surface area contributed by atoms with Crippen molar-refractivity contribution >= 4 is 27.7 Å². The molecule has 8 atom stereocenters. The fourth-order valence-corrected chi connectivity index (χ4v) is 6.33. The van der Waals surface area contributed by atoms with E-state index in [-0.39, 0.29) is 41.9 Å². The standard InChI is InChI=1S/C25H41BrO5/c1-5-8-19-14-25(15-26)13-18(4)23(31-25)21(27)12-20-11-17(3)22(29-20)10-7-6-9-16(2)24(28)30-19/h16-20,22-23H,5-15H2,1-4H3/t16-,17-,18+,19?,20+,22-,23-,25?/m0/s1. The SMILES string of the molecule is CCCC1CC2(CBr)C[C@@H](C)[C@H](O2)C(=O)C[C@H]2C[C@H](C)[C@H](CCCC[C@H](C)C(=O)O1)O2. The average Bonchev–Trinajstić information content (AvgIpc) is 3.24. The molecule has 3 aliphatic rings. The molecule has 0 aliphatic carbocycles. The Morgan fingerprint density at radius 3 is 2.52 bits per heavy atom. The average molecular weight is 502 g/mol. The van der Waals surface area contributed by atoms with Gasteiger partial charge in [-0.2, -0.15) is 0 Å². The maximum atomic E-state index is 13.2. The van der Waals surface area contributed by atoms with Gasteiger partial charge in [0.05, 0.1) is 23.7 Å². The topological polar surface area (TPSA) is 61.8 Å². The van der Waals surface area contributed by atoms with E-state index in [1.807, 2.05) is 6.92 Å². The molecule has 0 spiro atoms. The predicted molar refractivity (Wildman–Crippen MR) is 124 cm³/mol. The number of fused-ring (bicyclic) bond motifs is 4. The second-order valence-corrected chi connectivity index (χ2v) is 11.0. The molecular weight excluding hydrogens is 460 g/mol. The Morgan fingerprint density at radius 1 is 1.06 bits per heavy atom. The molecule has 31 heavy (non-hydrogen) atoms. The van der Waals surface area contributed by atoms with Gasteiger partial charge in [0.2, 0.25) is 0 Å². The minimum atomic E-state index is -0.469. The van der Waals surface area contributed by atoms with Crippen LogP contribution in [-0.4, -0.2) is 47.1 Å². The van der Waals surface area contributed by atoms with Crippen LogP contribution in [0.3, 0.4) is 0 Å². The zero-order valence-corrected chi connectivity index (χ0v) is 21.3. The highest BCUT2D eigenvalue weighted by Gasteiger charge is 2.49. The van der Waals surface area contributed by atoms with Crippen LogP contribution in [0.1, 0.15) is 91.9 Å². The number of hydrogen-bond acceptors (Lipinski definition) is 5. The summed E-state index contributed by atoms with van der Waals surface area (Å²) in [5, 5.41) is 0.639. The molecule has 6 heteroatoms. The Labute approximate surface area is 196 Å². The van der Waals surface area contributed by atoms with Gasteiger partial charge in [0.25, 0.3) is 0 Å². The van der Waals surface area contributed by atoms with E-state index in [1.165, 1.54) is 0 Å². The van der Waals surface area contributed by atoms with Crippen molar-refractivity contribution < 1.29 is 23.8 Å². The first-order chi connectivity index (χ1) is 14.8. The van der Waals surface area contributed by atoms with Gasteiger partial charge in [-0.05, 0) is 43.9 Å². The summed E-state index contributed by atoms with van der Waals surface area (Å²) < 4.78 is 18.7. The van der Waals surface area contributed by atoms with E-state index in [0.717, 1.165) is 51.4 Å². The van der Waals surface area contributed by atoms with E-state index in [9.17, 15) is 9.59 Å². The van der Waals surface area contributed by atoms with Crippen LogP contribution in [0.4, 0.5) is 0 Å². The summed E-state index contributed by atoms with van der Waals surface area (Å²) >= 11 is 3.65. The molecule has 3 aliphatic heterocycles. The number of ether oxygens (including phenoxy) is 3. The third-order valence-electron chi connectivity index (χ3n) is 7.49. The Morgan fingerprint density at radius 2 is 1.81 bits per heavy atom. The van der Waals surface area contributed by atoms with Gasteiger partial charge in [0, 0.05) is 18.2 Å². The van der Waals surface area contributed by atoms with Gasteiger partial charge in [-0.1, -0.05) is 62.9 Å². The highest BCUT2D eigenvalue weighted by molar-refractivity contribution is 9.09. The van der Waals surface area contributed by atoms with E-state index in [4.69, 9.17) is 14.2 Å². The zero-order valence-electron chi connectivity index (χ0n) is 19.7. The molecule has 4 bridgehead atoms. The van der Waals surface area contributed by atoms with Gasteiger partial charge in [-0.25, -0.2) is 0 Å². The quantitative estimate of drug-likeness (QED) is 0.372. The molecule has 0 aromatic rings. The van der Waals surface area contributed by atoms with Crippen LogP contribution in [-0.2, 0) is 23.8 Å². The van der Waals surface area contributed by atoms with Crippen molar-refractivity contribution in [2.75, 3.05) is 5.33 Å². The van der Waals surface area contributed by atoms with E-state index < -0.39 is 11.7 Å². The van der Waals surface area contributed by atoms with Crippen LogP contribution in [0.5, 0.6) is 0 Å². The fourth-order valence-electron chi connectivity index (χ4n) is 5.74. The molecular formula is C25H41BrO5. The summed E-state index contributed by atoms with van der Waals surface area (Å²) in [6.45, 7) is 8.43. The number of esters is 1. The Hall–Kier alpha value is -0.460. The van der Waals surface area contributed by atoms with E-state index in [2.05, 4.69) is 36.7 Å². The smallest absolute Gasteiger partial charge is 0.308 e. The van der Waals surface area contributed by atoms with Crippen molar-refractivity contribution in [2.45, 2.75) is 122 Å². The highest BCUT2D eigenvalue weighted by Crippen LogP contribution is 2.42. The van der Waals surface area contributed by atoms with E-state index >= 15 is 0 Å². The number of Topliss-reactive ketones (excluding diaryl/α,β-unsaturated/α-hetero) is 1. The largest absolute Gasteiger partial charge is 0.462 e. The fraction of sp³-hybridized carbons (Fsp3) is 0.920. The van der Waals surface area contributed by atoms with Crippen LogP contribution in [0.15, 0.2) is 0 Å². The van der Waals surface area contributed by atoms with Gasteiger partial charge < -0.3 is 14.2 Å². The lowest BCUT2D eigenvalue weighted by Gasteiger charge is -2.32. The molecule has 3 fully saturated rings. The van der Waals surface area contributed by atoms with Gasteiger partial charge in [-0.15, -0.1) is 0 Å². The number of hydrogen-bond donors (Lipinski definition) is 0. The highest BCUT2D eigenvalue weighted by atomic mass is 79.9. The third kappa shape index (κ3) is 6.32. The molecule has 178 valence electrons. The van der Waals surface area contributed by atoms with Crippen molar-refractivity contribution in [2.24, 2.45) is 17.8 Å². The summed E-state index contributed by atoms with van der Waals surface area (Å²) in [5.74, 6) is 0.585. The Balaban J connectivity index is 1.79. The molecule has 0 radical (unpaired) electrons. The summed E-state index contributed by atoms with van der Waals surface area (Å²) in [5.41, 5.74) is -0.469. The molecule has 0 N–H and O–H groups in total. The maximum absolute atomic E-state index is 13.2. The Kier molecular flexibility index (Phi) is 9.02. The van der Waals surface area contributed by atoms with Crippen LogP contribution >= 0.6 is 15.9 Å². The Bertz CT molecular complexity index is 625. The van der Waals surface area contributed by atoms with Crippen molar-refractivity contribution in [1.29, 1.82) is 0 Å². The lowest BCUT2D eigenvalue weighted by Crippen LogP contribution is -2.39. The van der Waals surface area contributed by atoms with Crippen LogP contribution in [0.2, 0.25) is 0 Å². The number of ketones is 1. The summed E-state index contributed by atoms with van der Waals surface area (Å²) in [6, 6.07) is 0. The first kappa shape index (κ1) is 25.2. The molecule has 2 unspecified atom stereocenters. The second kappa shape index (κ2) is 11.1. The van der Waals surface area contributed by atoms with Gasteiger partial charge in [0.15, 0.2) is 5.78 Å². The number of cyclic esters (lactones) is 1. The van der Waals surface area contributed by atoms with Crippen LogP contribution in [0.25, 0.3) is 0 Å². The molecule has 3 saturated heterocycles. The second-order valence-electron chi connectivity index (χ2n) is 10.5. The molecule has 3 heterocycles. The molecule has 0 saturated carbocycles. The molecule has 5 nitrogen and oxygen atoms in total. The lowest BCUT2D eigenvalue weighted by molar-refractivity contribution is -0.159. The van der Waals surface area contributed by atoms with E-state index in [1.54, 1.807) is 0 Å². The normalized spacial score (nSPS) is 42.9. The predicted octanol–water partition coefficient (Wildman–Crippen LogP) is 5.61. The van der Waals surface area contributed by atoms with Crippen molar-refractivity contribution in [3.63, 3.8) is 0 Å². The molecule has 3 rings (SSSR count). The number of alkyl halides is 1. The minimum Gasteiger partial charge on any atom is -0.462 e. The van der Waals surface area contributed by atoms with Crippen molar-refractivity contribution in [1.82, 2.24) is 0 Å². The van der Waals surface area contributed by atoms with Crippen LogP contribution < -0.4 is 0 Å². The number of carbonyl (C=O) groups is 2. The maximum Gasteiger partial charge on any atom is 0.308 e. The zero-order chi connectivity index (χ0) is 22.6.